The standard InChI is InChI=1S/C26H18N2O4/c1-3-15-11-26(32-18-7-10-25(30)23(28)14-18)19(4-2)20-8-5-16(12-21(15)20)31-17-6-9-24(29)22(27)13-17/h1-2,5-14,29-30H,27-28H2. The van der Waals surface area contributed by atoms with Gasteiger partial charge < -0.3 is 31.2 Å². The predicted octanol–water partition coefficient (Wildman–Crippen LogP) is 4.96. The van der Waals surface area contributed by atoms with Crippen molar-refractivity contribution in [1.29, 1.82) is 0 Å². The summed E-state index contributed by atoms with van der Waals surface area (Å²) in [7, 11) is 0. The van der Waals surface area contributed by atoms with Gasteiger partial charge >= 0.3 is 0 Å². The van der Waals surface area contributed by atoms with Crippen LogP contribution in [-0.2, 0) is 0 Å². The molecule has 0 aromatic heterocycles. The van der Waals surface area contributed by atoms with E-state index in [0.29, 0.717) is 44.9 Å². The maximum atomic E-state index is 9.62. The molecular formula is C26H18N2O4. The molecule has 156 valence electrons. The molecule has 0 bridgehead atoms. The van der Waals surface area contributed by atoms with E-state index in [4.69, 9.17) is 33.8 Å². The van der Waals surface area contributed by atoms with E-state index in [9.17, 15) is 10.2 Å². The summed E-state index contributed by atoms with van der Waals surface area (Å²) in [5, 5.41) is 20.6. The number of benzene rings is 4. The molecule has 0 radical (unpaired) electrons. The van der Waals surface area contributed by atoms with Crippen LogP contribution < -0.4 is 20.9 Å². The minimum atomic E-state index is -0.0414. The van der Waals surface area contributed by atoms with Crippen molar-refractivity contribution in [3.63, 3.8) is 0 Å². The lowest BCUT2D eigenvalue weighted by atomic mass is 9.98. The monoisotopic (exact) mass is 422 g/mol. The number of fused-ring (bicyclic) bond motifs is 1. The van der Waals surface area contributed by atoms with Gasteiger partial charge in [-0.1, -0.05) is 11.8 Å². The van der Waals surface area contributed by atoms with Gasteiger partial charge in [-0.3, -0.25) is 0 Å². The third-order valence-electron chi connectivity index (χ3n) is 4.83. The van der Waals surface area contributed by atoms with Crippen molar-refractivity contribution in [2.24, 2.45) is 0 Å². The first-order chi connectivity index (χ1) is 15.4. The van der Waals surface area contributed by atoms with Crippen LogP contribution in [0.3, 0.4) is 0 Å². The molecule has 0 heterocycles. The number of nitrogens with two attached hydrogens (primary N) is 2. The molecule has 6 heteroatoms. The second-order valence-corrected chi connectivity index (χ2v) is 6.94. The molecule has 0 saturated heterocycles. The van der Waals surface area contributed by atoms with Crippen LogP contribution in [0.4, 0.5) is 11.4 Å². The van der Waals surface area contributed by atoms with Gasteiger partial charge in [-0.15, -0.1) is 12.8 Å². The largest absolute Gasteiger partial charge is 0.506 e. The fourth-order valence-corrected chi connectivity index (χ4v) is 3.25. The molecule has 4 aromatic rings. The van der Waals surface area contributed by atoms with Crippen LogP contribution in [0.1, 0.15) is 11.1 Å². The van der Waals surface area contributed by atoms with Crippen LogP contribution in [0.15, 0.2) is 60.7 Å². The first-order valence-corrected chi connectivity index (χ1v) is 9.46. The first-order valence-electron chi connectivity index (χ1n) is 9.46. The number of anilines is 2. The number of phenols is 2. The van der Waals surface area contributed by atoms with E-state index in [1.54, 1.807) is 36.4 Å². The second-order valence-electron chi connectivity index (χ2n) is 6.94. The molecule has 0 atom stereocenters. The van der Waals surface area contributed by atoms with Crippen molar-refractivity contribution < 1.29 is 19.7 Å². The van der Waals surface area contributed by atoms with Crippen molar-refractivity contribution in [3.05, 3.63) is 71.8 Å². The smallest absolute Gasteiger partial charge is 0.144 e. The van der Waals surface area contributed by atoms with Crippen LogP contribution >= 0.6 is 0 Å². The fourth-order valence-electron chi connectivity index (χ4n) is 3.25. The molecule has 0 unspecified atom stereocenters. The molecule has 0 saturated carbocycles. The number of nitrogen functional groups attached to an aromatic ring is 2. The van der Waals surface area contributed by atoms with E-state index < -0.39 is 0 Å². The lowest BCUT2D eigenvalue weighted by molar-refractivity contribution is 0.466. The number of hydrogen-bond donors (Lipinski definition) is 4. The van der Waals surface area contributed by atoms with Gasteiger partial charge in [0.15, 0.2) is 0 Å². The summed E-state index contributed by atoms with van der Waals surface area (Å²) >= 11 is 0. The Hall–Kier alpha value is -4.94. The second kappa shape index (κ2) is 8.06. The highest BCUT2D eigenvalue weighted by atomic mass is 16.5. The van der Waals surface area contributed by atoms with E-state index in [1.165, 1.54) is 24.3 Å². The molecule has 0 aliphatic heterocycles. The maximum absolute atomic E-state index is 9.62. The van der Waals surface area contributed by atoms with Crippen molar-refractivity contribution in [1.82, 2.24) is 0 Å². The number of phenolic OH excluding ortho intramolecular Hbond substituents is 2. The van der Waals surface area contributed by atoms with E-state index in [0.717, 1.165) is 0 Å². The Balaban J connectivity index is 1.77. The number of aromatic hydroxyl groups is 2. The molecule has 0 amide bonds. The molecule has 6 nitrogen and oxygen atoms in total. The average Bonchev–Trinajstić information content (AvgIpc) is 2.78. The third-order valence-corrected chi connectivity index (χ3v) is 4.83. The number of rotatable bonds is 4. The maximum Gasteiger partial charge on any atom is 0.144 e. The predicted molar refractivity (Wildman–Crippen MR) is 125 cm³/mol. The molecule has 0 aliphatic rings. The average molecular weight is 422 g/mol. The van der Waals surface area contributed by atoms with E-state index in [2.05, 4.69) is 11.8 Å². The van der Waals surface area contributed by atoms with Crippen LogP contribution in [0.25, 0.3) is 10.8 Å². The number of terminal acetylenes is 2. The Morgan fingerprint density at radius 1 is 0.656 bits per heavy atom. The third kappa shape index (κ3) is 3.77. The van der Waals surface area contributed by atoms with E-state index in [-0.39, 0.29) is 22.9 Å². The Morgan fingerprint density at radius 3 is 1.78 bits per heavy atom. The fraction of sp³-hybridized carbons (Fsp3) is 0. The molecule has 4 rings (SSSR count). The zero-order chi connectivity index (χ0) is 22.8. The van der Waals surface area contributed by atoms with Crippen molar-refractivity contribution >= 4 is 22.1 Å². The van der Waals surface area contributed by atoms with Crippen LogP contribution in [0.5, 0.6) is 34.5 Å². The van der Waals surface area contributed by atoms with Gasteiger partial charge in [0.1, 0.15) is 34.5 Å². The molecule has 32 heavy (non-hydrogen) atoms. The topological polar surface area (TPSA) is 111 Å². The summed E-state index contributed by atoms with van der Waals surface area (Å²) in [6.07, 6.45) is 11.6. The van der Waals surface area contributed by atoms with Gasteiger partial charge in [-0.2, -0.15) is 0 Å². The zero-order valence-electron chi connectivity index (χ0n) is 16.8. The van der Waals surface area contributed by atoms with Gasteiger partial charge in [0, 0.05) is 28.5 Å². The highest BCUT2D eigenvalue weighted by molar-refractivity contribution is 5.96. The van der Waals surface area contributed by atoms with Crippen LogP contribution in [-0.4, -0.2) is 10.2 Å². The summed E-state index contributed by atoms with van der Waals surface area (Å²) in [6.45, 7) is 0. The first kappa shape index (κ1) is 20.3. The van der Waals surface area contributed by atoms with Gasteiger partial charge in [0.05, 0.1) is 16.9 Å². The summed E-state index contributed by atoms with van der Waals surface area (Å²) in [4.78, 5) is 0. The summed E-state index contributed by atoms with van der Waals surface area (Å²) < 4.78 is 11.8. The minimum Gasteiger partial charge on any atom is -0.506 e. The van der Waals surface area contributed by atoms with Gasteiger partial charge in [-0.05, 0) is 48.5 Å². The Labute approximate surface area is 184 Å². The van der Waals surface area contributed by atoms with Crippen molar-refractivity contribution in [2.45, 2.75) is 0 Å². The Bertz CT molecular complexity index is 1450. The molecule has 4 aromatic carbocycles. The normalized spacial score (nSPS) is 10.3. The molecular weight excluding hydrogens is 404 g/mol. The van der Waals surface area contributed by atoms with Crippen LogP contribution in [0.2, 0.25) is 0 Å². The zero-order valence-corrected chi connectivity index (χ0v) is 16.8. The van der Waals surface area contributed by atoms with E-state index in [1.807, 2.05) is 0 Å². The van der Waals surface area contributed by atoms with E-state index >= 15 is 0 Å². The highest BCUT2D eigenvalue weighted by Crippen LogP contribution is 2.37. The van der Waals surface area contributed by atoms with Crippen molar-refractivity contribution in [2.75, 3.05) is 11.5 Å². The number of hydrogen-bond acceptors (Lipinski definition) is 6. The molecule has 0 spiro atoms. The SMILES string of the molecule is C#Cc1cc(Oc2ccc(O)c(N)c2)c(C#C)c2ccc(Oc3ccc(O)c(N)c3)cc12. The quantitative estimate of drug-likeness (QED) is 0.210. The lowest BCUT2D eigenvalue weighted by Crippen LogP contribution is -1.95. The molecule has 0 fully saturated rings. The Kier molecular flexibility index (Phi) is 5.12. The molecule has 6 N–H and O–H groups in total. The Morgan fingerprint density at radius 2 is 1.22 bits per heavy atom. The summed E-state index contributed by atoms with van der Waals surface area (Å²) in [5.74, 6) is 7.02. The van der Waals surface area contributed by atoms with Gasteiger partial charge in [-0.25, -0.2) is 0 Å². The van der Waals surface area contributed by atoms with Gasteiger partial charge in [0.25, 0.3) is 0 Å². The van der Waals surface area contributed by atoms with Crippen LogP contribution in [0, 0.1) is 24.7 Å². The lowest BCUT2D eigenvalue weighted by Gasteiger charge is -2.14. The minimum absolute atomic E-state index is 0.0212. The van der Waals surface area contributed by atoms with Crippen molar-refractivity contribution in [3.8, 4) is 59.2 Å². The molecule has 0 aliphatic carbocycles. The van der Waals surface area contributed by atoms with Gasteiger partial charge in [0.2, 0.25) is 0 Å². The summed E-state index contributed by atoms with van der Waals surface area (Å²) in [5.41, 5.74) is 12.9. The highest BCUT2D eigenvalue weighted by Gasteiger charge is 2.14. The number of ether oxygens (including phenoxy) is 2. The summed E-state index contributed by atoms with van der Waals surface area (Å²) in [6, 6.07) is 16.1.